The van der Waals surface area contributed by atoms with Crippen molar-refractivity contribution in [1.82, 2.24) is 14.7 Å². The molecule has 3 rings (SSSR count). The van der Waals surface area contributed by atoms with Crippen LogP contribution in [0.3, 0.4) is 0 Å². The van der Waals surface area contributed by atoms with Gasteiger partial charge in [-0.15, -0.1) is 0 Å². The number of carbonyl (C=O) groups excluding carboxylic acids is 2. The number of piperazine rings is 1. The summed E-state index contributed by atoms with van der Waals surface area (Å²) in [6.07, 6.45) is 6.59. The second-order valence-electron chi connectivity index (χ2n) is 8.73. The predicted octanol–water partition coefficient (Wildman–Crippen LogP) is 4.84. The number of hydrogen-bond acceptors (Lipinski definition) is 4. The number of rotatable bonds is 11. The Labute approximate surface area is 214 Å². The highest BCUT2D eigenvalue weighted by atomic mass is 35.5. The van der Waals surface area contributed by atoms with E-state index < -0.39 is 0 Å². The molecule has 1 saturated heterocycles. The molecule has 0 N–H and O–H groups in total. The normalized spacial score (nSPS) is 14.3. The van der Waals surface area contributed by atoms with Gasteiger partial charge < -0.3 is 14.5 Å². The standard InChI is InChI=1S/C28H36ClN3O3/c1-3-4-14-27(33)31-19-16-30(17-20-31)18-21-32(28(34)24-10-7-12-25(29)22-24)15-8-11-23-9-5-6-13-26(23)35-2/h5-13,22H,3-4,14-21H2,1-2H3/b11-8+. The molecule has 1 fully saturated rings. The van der Waals surface area contributed by atoms with Crippen LogP contribution in [0.15, 0.2) is 54.6 Å². The number of methoxy groups -OCH3 is 1. The maximum atomic E-state index is 13.3. The molecule has 2 aromatic rings. The summed E-state index contributed by atoms with van der Waals surface area (Å²) < 4.78 is 5.43. The van der Waals surface area contributed by atoms with Crippen LogP contribution in [0.5, 0.6) is 5.75 Å². The summed E-state index contributed by atoms with van der Waals surface area (Å²) in [6, 6.07) is 14.9. The van der Waals surface area contributed by atoms with Gasteiger partial charge in [0.15, 0.2) is 0 Å². The first-order valence-corrected chi connectivity index (χ1v) is 12.7. The molecule has 1 heterocycles. The van der Waals surface area contributed by atoms with E-state index in [4.69, 9.17) is 16.3 Å². The van der Waals surface area contributed by atoms with E-state index in [1.54, 1.807) is 31.4 Å². The molecule has 35 heavy (non-hydrogen) atoms. The van der Waals surface area contributed by atoms with Gasteiger partial charge in [0.2, 0.25) is 5.91 Å². The first kappa shape index (κ1) is 26.8. The topological polar surface area (TPSA) is 53.1 Å². The Bertz CT molecular complexity index is 1000. The van der Waals surface area contributed by atoms with E-state index in [0.29, 0.717) is 30.1 Å². The lowest BCUT2D eigenvalue weighted by atomic mass is 10.1. The van der Waals surface area contributed by atoms with Gasteiger partial charge in [-0.3, -0.25) is 14.5 Å². The number of hydrogen-bond donors (Lipinski definition) is 0. The Morgan fingerprint density at radius 1 is 1.09 bits per heavy atom. The lowest BCUT2D eigenvalue weighted by Crippen LogP contribution is -2.50. The fourth-order valence-corrected chi connectivity index (χ4v) is 4.35. The molecule has 1 aliphatic rings. The molecule has 0 aliphatic carbocycles. The molecule has 6 nitrogen and oxygen atoms in total. The van der Waals surface area contributed by atoms with E-state index in [0.717, 1.165) is 56.9 Å². The molecular weight excluding hydrogens is 462 g/mol. The van der Waals surface area contributed by atoms with E-state index in [1.807, 2.05) is 46.2 Å². The first-order chi connectivity index (χ1) is 17.0. The Balaban J connectivity index is 1.62. The zero-order chi connectivity index (χ0) is 25.0. The molecule has 0 atom stereocenters. The smallest absolute Gasteiger partial charge is 0.254 e. The fraction of sp³-hybridized carbons (Fsp3) is 0.429. The second kappa shape index (κ2) is 13.9. The van der Waals surface area contributed by atoms with Crippen molar-refractivity contribution in [1.29, 1.82) is 0 Å². The zero-order valence-corrected chi connectivity index (χ0v) is 21.5. The highest BCUT2D eigenvalue weighted by Crippen LogP contribution is 2.19. The van der Waals surface area contributed by atoms with Crippen molar-refractivity contribution in [3.05, 3.63) is 70.8 Å². The number of unbranched alkanes of at least 4 members (excludes halogenated alkanes) is 1. The molecule has 0 unspecified atom stereocenters. The molecule has 0 bridgehead atoms. The zero-order valence-electron chi connectivity index (χ0n) is 20.8. The number of para-hydroxylation sites is 1. The van der Waals surface area contributed by atoms with E-state index in [-0.39, 0.29) is 11.8 Å². The molecule has 2 aromatic carbocycles. The lowest BCUT2D eigenvalue weighted by Gasteiger charge is -2.36. The van der Waals surface area contributed by atoms with Crippen molar-refractivity contribution in [3.8, 4) is 5.75 Å². The van der Waals surface area contributed by atoms with E-state index >= 15 is 0 Å². The highest BCUT2D eigenvalue weighted by molar-refractivity contribution is 6.30. The largest absolute Gasteiger partial charge is 0.496 e. The number of amides is 2. The van der Waals surface area contributed by atoms with Gasteiger partial charge in [-0.2, -0.15) is 0 Å². The number of benzene rings is 2. The van der Waals surface area contributed by atoms with Crippen LogP contribution in [-0.2, 0) is 4.79 Å². The molecule has 0 aromatic heterocycles. The minimum absolute atomic E-state index is 0.0504. The molecular formula is C28H36ClN3O3. The Hall–Kier alpha value is -2.83. The van der Waals surface area contributed by atoms with E-state index in [1.165, 1.54) is 0 Å². The minimum Gasteiger partial charge on any atom is -0.496 e. The third-order valence-corrected chi connectivity index (χ3v) is 6.51. The van der Waals surface area contributed by atoms with Crippen molar-refractivity contribution in [2.24, 2.45) is 0 Å². The predicted molar refractivity (Wildman–Crippen MR) is 142 cm³/mol. The summed E-state index contributed by atoms with van der Waals surface area (Å²) in [6.45, 7) is 7.07. The van der Waals surface area contributed by atoms with Crippen molar-refractivity contribution < 1.29 is 14.3 Å². The molecule has 0 spiro atoms. The van der Waals surface area contributed by atoms with Crippen LogP contribution in [0.4, 0.5) is 0 Å². The number of nitrogens with zero attached hydrogens (tertiary/aromatic N) is 3. The molecule has 188 valence electrons. The summed E-state index contributed by atoms with van der Waals surface area (Å²) in [4.78, 5) is 31.8. The summed E-state index contributed by atoms with van der Waals surface area (Å²) in [7, 11) is 1.65. The Morgan fingerprint density at radius 3 is 2.57 bits per heavy atom. The number of ether oxygens (including phenoxy) is 1. The lowest BCUT2D eigenvalue weighted by molar-refractivity contribution is -0.133. The van der Waals surface area contributed by atoms with Crippen molar-refractivity contribution >= 4 is 29.5 Å². The van der Waals surface area contributed by atoms with Gasteiger partial charge in [-0.25, -0.2) is 0 Å². The summed E-state index contributed by atoms with van der Waals surface area (Å²) >= 11 is 6.14. The summed E-state index contributed by atoms with van der Waals surface area (Å²) in [5.41, 5.74) is 1.54. The first-order valence-electron chi connectivity index (χ1n) is 12.4. The van der Waals surface area contributed by atoms with Crippen LogP contribution in [0.25, 0.3) is 6.08 Å². The Morgan fingerprint density at radius 2 is 1.86 bits per heavy atom. The van der Waals surface area contributed by atoms with E-state index in [2.05, 4.69) is 11.8 Å². The third kappa shape index (κ3) is 8.11. The number of halogens is 1. The average Bonchev–Trinajstić information content (AvgIpc) is 2.89. The average molecular weight is 498 g/mol. The molecule has 0 saturated carbocycles. The van der Waals surface area contributed by atoms with Crippen molar-refractivity contribution in [2.75, 3.05) is 52.9 Å². The van der Waals surface area contributed by atoms with Gasteiger partial charge in [0, 0.05) is 68.4 Å². The van der Waals surface area contributed by atoms with Crippen molar-refractivity contribution in [2.45, 2.75) is 26.2 Å². The molecule has 2 amide bonds. The maximum Gasteiger partial charge on any atom is 0.254 e. The second-order valence-corrected chi connectivity index (χ2v) is 9.17. The highest BCUT2D eigenvalue weighted by Gasteiger charge is 2.22. The van der Waals surface area contributed by atoms with Gasteiger partial charge >= 0.3 is 0 Å². The SMILES string of the molecule is CCCCC(=O)N1CCN(CCN(C/C=C/c2ccccc2OC)C(=O)c2cccc(Cl)c2)CC1. The monoisotopic (exact) mass is 497 g/mol. The number of carbonyl (C=O) groups is 2. The van der Waals surface area contributed by atoms with Crippen LogP contribution >= 0.6 is 11.6 Å². The van der Waals surface area contributed by atoms with Crippen LogP contribution in [0, 0.1) is 0 Å². The summed E-state index contributed by atoms with van der Waals surface area (Å²) in [5.74, 6) is 0.999. The summed E-state index contributed by atoms with van der Waals surface area (Å²) in [5, 5.41) is 0.546. The Kier molecular flexibility index (Phi) is 10.6. The minimum atomic E-state index is -0.0504. The fourth-order valence-electron chi connectivity index (χ4n) is 4.16. The van der Waals surface area contributed by atoms with E-state index in [9.17, 15) is 9.59 Å². The molecule has 0 radical (unpaired) electrons. The van der Waals surface area contributed by atoms with Gasteiger partial charge in [0.1, 0.15) is 5.75 Å². The quantitative estimate of drug-likeness (QED) is 0.446. The maximum absolute atomic E-state index is 13.3. The van der Waals surface area contributed by atoms with Crippen LogP contribution < -0.4 is 4.74 Å². The molecule has 1 aliphatic heterocycles. The van der Waals surface area contributed by atoms with Gasteiger partial charge in [-0.05, 0) is 30.7 Å². The van der Waals surface area contributed by atoms with Crippen molar-refractivity contribution in [3.63, 3.8) is 0 Å². The van der Waals surface area contributed by atoms with Gasteiger partial charge in [-0.1, -0.05) is 61.4 Å². The van der Waals surface area contributed by atoms with Crippen LogP contribution in [-0.4, -0.2) is 79.4 Å². The van der Waals surface area contributed by atoms with Gasteiger partial charge in [0.25, 0.3) is 5.91 Å². The van der Waals surface area contributed by atoms with Crippen LogP contribution in [0.1, 0.15) is 42.1 Å². The van der Waals surface area contributed by atoms with Crippen LogP contribution in [0.2, 0.25) is 5.02 Å². The van der Waals surface area contributed by atoms with Gasteiger partial charge in [0.05, 0.1) is 7.11 Å². The molecule has 7 heteroatoms. The third-order valence-electron chi connectivity index (χ3n) is 6.28.